The van der Waals surface area contributed by atoms with Gasteiger partial charge in [-0.2, -0.15) is 21.6 Å². The largest absolute Gasteiger partial charge is 0.534 e. The van der Waals surface area contributed by atoms with Crippen LogP contribution in [-0.2, 0) is 29.9 Å². The molecule has 0 unspecified atom stereocenters. The Kier molecular flexibility index (Phi) is 7.32. The predicted octanol–water partition coefficient (Wildman–Crippen LogP) is 6.72. The highest BCUT2D eigenvalue weighted by molar-refractivity contribution is 7.88. The quantitative estimate of drug-likeness (QED) is 0.129. The van der Waals surface area contributed by atoms with Crippen LogP contribution in [0.15, 0.2) is 97.1 Å². The fourth-order valence-electron chi connectivity index (χ4n) is 6.08. The van der Waals surface area contributed by atoms with Crippen molar-refractivity contribution in [1.29, 1.82) is 0 Å². The number of alkyl halides is 3. The molecule has 2 heterocycles. The fourth-order valence-corrected chi connectivity index (χ4v) is 9.47. The highest BCUT2D eigenvalue weighted by Gasteiger charge is 2.59. The minimum Gasteiger partial charge on any atom is -0.375 e. The average Bonchev–Trinajstić information content (AvgIpc) is 3.51. The van der Waals surface area contributed by atoms with Gasteiger partial charge in [0, 0.05) is 21.5 Å². The Labute approximate surface area is 247 Å². The molecule has 0 N–H and O–H groups in total. The second-order valence-corrected chi connectivity index (χ2v) is 14.6. The second-order valence-electron chi connectivity index (χ2n) is 10.4. The molecule has 4 aromatic carbocycles. The van der Waals surface area contributed by atoms with E-state index in [9.17, 15) is 21.6 Å². The summed E-state index contributed by atoms with van der Waals surface area (Å²) in [6.45, 7) is 3.73. The van der Waals surface area contributed by atoms with Crippen LogP contribution in [0.2, 0.25) is 0 Å². The van der Waals surface area contributed by atoms with Gasteiger partial charge in [-0.3, -0.25) is 0 Å². The van der Waals surface area contributed by atoms with E-state index in [0.717, 1.165) is 6.07 Å². The summed E-state index contributed by atoms with van der Waals surface area (Å²) in [5, 5.41) is 1.47. The first-order valence-corrected chi connectivity index (χ1v) is 16.9. The molecule has 0 saturated carbocycles. The summed E-state index contributed by atoms with van der Waals surface area (Å²) in [6.07, 6.45) is -0.405. The number of ether oxygens (including phenoxy) is 2. The first kappa shape index (κ1) is 29.6. The van der Waals surface area contributed by atoms with Crippen LogP contribution in [0.5, 0.6) is 5.75 Å². The van der Waals surface area contributed by atoms with Crippen molar-refractivity contribution in [2.24, 2.45) is 0 Å². The lowest BCUT2D eigenvalue weighted by molar-refractivity contribution is -0.235. The fraction of sp³-hybridized carbons (Fsp3) is 0.250. The molecule has 11 heteroatoms. The van der Waals surface area contributed by atoms with E-state index in [4.69, 9.17) is 13.7 Å². The summed E-state index contributed by atoms with van der Waals surface area (Å²) >= 11 is 0. The lowest BCUT2D eigenvalue weighted by Crippen LogP contribution is -2.36. The molecule has 4 aromatic rings. The molecular weight excluding hydrogens is 600 g/mol. The lowest BCUT2D eigenvalue weighted by Gasteiger charge is -2.31. The third-order valence-electron chi connectivity index (χ3n) is 7.91. The van der Waals surface area contributed by atoms with Crippen LogP contribution >= 0.6 is 7.14 Å². The van der Waals surface area contributed by atoms with E-state index in [1.54, 1.807) is 66.7 Å². The molecule has 3 atom stereocenters. The van der Waals surface area contributed by atoms with Gasteiger partial charge in [0.25, 0.3) is 0 Å². The van der Waals surface area contributed by atoms with Gasteiger partial charge in [-0.15, -0.1) is 0 Å². The van der Waals surface area contributed by atoms with E-state index in [-0.39, 0.29) is 5.56 Å². The van der Waals surface area contributed by atoms with Crippen molar-refractivity contribution in [3.63, 3.8) is 0 Å². The summed E-state index contributed by atoms with van der Waals surface area (Å²) in [7, 11) is -9.68. The molecule has 0 amide bonds. The summed E-state index contributed by atoms with van der Waals surface area (Å²) in [5.74, 6) is -2.45. The van der Waals surface area contributed by atoms with Gasteiger partial charge < -0.3 is 18.2 Å². The number of benzene rings is 4. The first-order chi connectivity index (χ1) is 20.5. The molecule has 6 nitrogen and oxygen atoms in total. The first-order valence-electron chi connectivity index (χ1n) is 13.8. The third-order valence-corrected chi connectivity index (χ3v) is 12.0. The number of fused-ring (bicyclic) bond motifs is 4. The van der Waals surface area contributed by atoms with Crippen LogP contribution in [0.3, 0.4) is 0 Å². The zero-order valence-electron chi connectivity index (χ0n) is 23.2. The van der Waals surface area contributed by atoms with Crippen LogP contribution in [0.25, 0.3) is 0 Å². The molecule has 0 aromatic heterocycles. The summed E-state index contributed by atoms with van der Waals surface area (Å²) in [4.78, 5) is 0. The zero-order chi connectivity index (χ0) is 30.6. The molecule has 0 aliphatic carbocycles. The summed E-state index contributed by atoms with van der Waals surface area (Å²) < 4.78 is 98.8. The normalized spacial score (nSPS) is 21.5. The average molecular weight is 629 g/mol. The molecular formula is C32H28F3O6PS. The second kappa shape index (κ2) is 10.6. The molecule has 2 aliphatic heterocycles. The van der Waals surface area contributed by atoms with Crippen LogP contribution in [0.4, 0.5) is 13.2 Å². The molecule has 0 fully saturated rings. The van der Waals surface area contributed by atoms with Crippen LogP contribution < -0.4 is 20.1 Å². The third kappa shape index (κ3) is 4.54. The number of hydrogen-bond donors (Lipinski definition) is 0. The molecule has 43 heavy (non-hydrogen) atoms. The zero-order valence-corrected chi connectivity index (χ0v) is 25.0. The van der Waals surface area contributed by atoms with Crippen LogP contribution in [-0.4, -0.2) is 13.9 Å². The predicted molar refractivity (Wildman–Crippen MR) is 157 cm³/mol. The Morgan fingerprint density at radius 2 is 1.23 bits per heavy atom. The van der Waals surface area contributed by atoms with Crippen molar-refractivity contribution < 1.29 is 39.8 Å². The highest BCUT2D eigenvalue weighted by Crippen LogP contribution is 2.61. The molecule has 0 bridgehead atoms. The van der Waals surface area contributed by atoms with E-state index < -0.39 is 46.5 Å². The Morgan fingerprint density at radius 3 is 1.72 bits per heavy atom. The van der Waals surface area contributed by atoms with Gasteiger partial charge in [-0.25, -0.2) is 0 Å². The van der Waals surface area contributed by atoms with E-state index in [1.807, 2.05) is 32.0 Å². The molecule has 0 radical (unpaired) electrons. The van der Waals surface area contributed by atoms with Crippen LogP contribution in [0, 0.1) is 0 Å². The highest BCUT2D eigenvalue weighted by atomic mass is 32.2. The van der Waals surface area contributed by atoms with E-state index in [2.05, 4.69) is 0 Å². The molecule has 6 rings (SSSR count). The Balaban J connectivity index is 1.69. The minimum absolute atomic E-state index is 0.0204. The van der Waals surface area contributed by atoms with E-state index in [1.165, 1.54) is 6.07 Å². The Bertz CT molecular complexity index is 1780. The molecule has 224 valence electrons. The summed E-state index contributed by atoms with van der Waals surface area (Å²) in [5.41, 5.74) is -4.16. The molecule has 2 aliphatic rings. The Morgan fingerprint density at radius 1 is 0.744 bits per heavy atom. The molecule has 0 saturated heterocycles. The van der Waals surface area contributed by atoms with Gasteiger partial charge in [0.15, 0.2) is 12.9 Å². The van der Waals surface area contributed by atoms with Crippen molar-refractivity contribution in [2.45, 2.75) is 50.2 Å². The standard InChI is InChI=1S/C32H28F3O6PS/c1-3-25-23-17-11-19-27(41-43(37,38)32(33,34)35)29(23)31(39-25)30-24(26(4-2)40-31)18-12-20-28(30)42(36,21-13-7-5-8-14-21)22-15-9-6-10-16-22/h5-20,25-26H,3-4H2,1-2H3/t25-,26-,31-/m0/s1. The smallest absolute Gasteiger partial charge is 0.375 e. The number of hydrogen-bond acceptors (Lipinski definition) is 6. The lowest BCUT2D eigenvalue weighted by atomic mass is 9.91. The van der Waals surface area contributed by atoms with Gasteiger partial charge in [-0.1, -0.05) is 105 Å². The minimum atomic E-state index is -6.03. The van der Waals surface area contributed by atoms with Crippen molar-refractivity contribution in [1.82, 2.24) is 0 Å². The Hall–Kier alpha value is -3.43. The monoisotopic (exact) mass is 628 g/mol. The maximum absolute atomic E-state index is 15.6. The SMILES string of the molecule is CC[C@@H]1O[C@]2(O[C@@H](CC)c3cccc(P(=O)(c4ccccc4)c4ccccc4)c32)c2c(OS(=O)(=O)C(F)(F)F)cccc21. The van der Waals surface area contributed by atoms with Crippen LogP contribution in [0.1, 0.15) is 61.2 Å². The maximum Gasteiger partial charge on any atom is 0.534 e. The van der Waals surface area contributed by atoms with Gasteiger partial charge in [0.2, 0.25) is 5.79 Å². The summed E-state index contributed by atoms with van der Waals surface area (Å²) in [6, 6.07) is 27.4. The maximum atomic E-state index is 15.6. The van der Waals surface area contributed by atoms with Gasteiger partial charge in [0.05, 0.1) is 17.8 Å². The van der Waals surface area contributed by atoms with Gasteiger partial charge in [-0.05, 0) is 30.0 Å². The number of rotatable bonds is 7. The van der Waals surface area contributed by atoms with Gasteiger partial charge in [0.1, 0.15) is 0 Å². The topological polar surface area (TPSA) is 78.9 Å². The van der Waals surface area contributed by atoms with Gasteiger partial charge >= 0.3 is 15.6 Å². The van der Waals surface area contributed by atoms with Crippen molar-refractivity contribution in [3.8, 4) is 5.75 Å². The van der Waals surface area contributed by atoms with E-state index >= 15 is 4.57 Å². The number of halogens is 3. The van der Waals surface area contributed by atoms with Crippen molar-refractivity contribution in [3.05, 3.63) is 119 Å². The van der Waals surface area contributed by atoms with Crippen molar-refractivity contribution >= 4 is 33.2 Å². The van der Waals surface area contributed by atoms with E-state index in [0.29, 0.717) is 45.4 Å². The molecule has 1 spiro atoms. The van der Waals surface area contributed by atoms with Crippen molar-refractivity contribution in [2.75, 3.05) is 0 Å².